The van der Waals surface area contributed by atoms with Gasteiger partial charge < -0.3 is 4.74 Å². The Kier molecular flexibility index (Phi) is 8.19. The van der Waals surface area contributed by atoms with Crippen molar-refractivity contribution < 1.29 is 13.2 Å². The maximum atomic E-state index is 12.6. The molecule has 2 N–H and O–H groups in total. The summed E-state index contributed by atoms with van der Waals surface area (Å²) in [5.74, 6) is 0.705. The number of aromatic amines is 1. The summed E-state index contributed by atoms with van der Waals surface area (Å²) in [6.45, 7) is 12.8. The van der Waals surface area contributed by atoms with Crippen molar-refractivity contribution in [2.24, 2.45) is 5.41 Å². The molecule has 1 atom stereocenters. The topological polar surface area (TPSA) is 110 Å². The number of hydrogen-bond acceptors (Lipinski definition) is 5. The van der Waals surface area contributed by atoms with E-state index in [0.717, 1.165) is 47.8 Å². The molecule has 37 heavy (non-hydrogen) atoms. The van der Waals surface area contributed by atoms with E-state index in [-0.39, 0.29) is 12.0 Å². The molecule has 1 aliphatic carbocycles. The molecule has 0 aliphatic heterocycles. The Morgan fingerprint density at radius 2 is 1.92 bits per heavy atom. The summed E-state index contributed by atoms with van der Waals surface area (Å²) in [4.78, 5) is 26.6. The van der Waals surface area contributed by atoms with Crippen molar-refractivity contribution in [1.29, 1.82) is 0 Å². The number of methoxy groups -OCH3 is 1. The third kappa shape index (κ3) is 6.78. The summed E-state index contributed by atoms with van der Waals surface area (Å²) in [6.07, 6.45) is 11.0. The standard InChI is InChI=1S/C28H37N3O5S/c1-19-11-12-20(10-8-9-14-28(19,5)18-29-37(7,34)35)22-16-21(31-15-13-24(32)30-26(31)33)17-23(25(22)36-6)27(2,3)4/h10-13,15-17,29H,1,8-9,14,18H2,2-7H3,(H,30,32,33)/b12-11-,20-10+. The molecule has 0 amide bonds. The molecule has 1 aliphatic rings. The highest BCUT2D eigenvalue weighted by atomic mass is 32.2. The molecule has 1 heterocycles. The van der Waals surface area contributed by atoms with Crippen LogP contribution in [-0.4, -0.2) is 37.9 Å². The summed E-state index contributed by atoms with van der Waals surface area (Å²) in [6, 6.07) is 5.11. The van der Waals surface area contributed by atoms with E-state index < -0.39 is 26.7 Å². The van der Waals surface area contributed by atoms with E-state index in [0.29, 0.717) is 11.4 Å². The van der Waals surface area contributed by atoms with Crippen LogP contribution in [-0.2, 0) is 15.4 Å². The molecule has 3 rings (SSSR count). The minimum Gasteiger partial charge on any atom is -0.496 e. The maximum Gasteiger partial charge on any atom is 0.332 e. The second-order valence-electron chi connectivity index (χ2n) is 10.9. The van der Waals surface area contributed by atoms with Gasteiger partial charge in [-0.25, -0.2) is 17.9 Å². The third-order valence-corrected chi connectivity index (χ3v) is 7.43. The Morgan fingerprint density at radius 1 is 1.22 bits per heavy atom. The van der Waals surface area contributed by atoms with E-state index in [2.05, 4.69) is 43.1 Å². The third-order valence-electron chi connectivity index (χ3n) is 6.76. The van der Waals surface area contributed by atoms with Crippen molar-refractivity contribution >= 4 is 15.6 Å². The van der Waals surface area contributed by atoms with Crippen LogP contribution < -0.4 is 20.7 Å². The van der Waals surface area contributed by atoms with Crippen LogP contribution in [0.25, 0.3) is 11.3 Å². The Bertz CT molecular complexity index is 1470. The molecular formula is C28H37N3O5S. The van der Waals surface area contributed by atoms with E-state index >= 15 is 0 Å². The van der Waals surface area contributed by atoms with Crippen molar-refractivity contribution in [2.45, 2.75) is 52.4 Å². The van der Waals surface area contributed by atoms with Crippen LogP contribution >= 0.6 is 0 Å². The monoisotopic (exact) mass is 527 g/mol. The van der Waals surface area contributed by atoms with E-state index in [4.69, 9.17) is 4.74 Å². The van der Waals surface area contributed by atoms with Gasteiger partial charge in [-0.2, -0.15) is 0 Å². The van der Waals surface area contributed by atoms with Crippen LogP contribution in [0.4, 0.5) is 0 Å². The quantitative estimate of drug-likeness (QED) is 0.589. The number of aromatic nitrogens is 2. The number of H-pyrrole nitrogens is 1. The number of allylic oxidation sites excluding steroid dienone is 4. The SMILES string of the molecule is C=C1/C=C\C(c2cc(-n3ccc(=O)[nH]c3=O)cc(C(C)(C)C)c2OC)=C/CCCC1(C)CNS(C)(=O)=O. The second kappa shape index (κ2) is 10.7. The van der Waals surface area contributed by atoms with Gasteiger partial charge in [0.15, 0.2) is 0 Å². The molecular weight excluding hydrogens is 490 g/mol. The molecule has 0 saturated carbocycles. The van der Waals surface area contributed by atoms with Gasteiger partial charge in [0.05, 0.1) is 19.1 Å². The van der Waals surface area contributed by atoms with Gasteiger partial charge >= 0.3 is 5.69 Å². The highest BCUT2D eigenvalue weighted by Gasteiger charge is 2.29. The van der Waals surface area contributed by atoms with Gasteiger partial charge in [0.25, 0.3) is 5.56 Å². The molecule has 1 unspecified atom stereocenters. The Balaban J connectivity index is 2.17. The molecule has 0 fully saturated rings. The molecule has 1 aromatic carbocycles. The summed E-state index contributed by atoms with van der Waals surface area (Å²) in [5.41, 5.74) is 2.34. The number of ether oxygens (including phenoxy) is 1. The van der Waals surface area contributed by atoms with Crippen molar-refractivity contribution in [3.8, 4) is 11.4 Å². The lowest BCUT2D eigenvalue weighted by Crippen LogP contribution is -2.36. The van der Waals surface area contributed by atoms with Crippen LogP contribution in [0.3, 0.4) is 0 Å². The summed E-state index contributed by atoms with van der Waals surface area (Å²) in [7, 11) is -1.70. The zero-order valence-corrected chi connectivity index (χ0v) is 23.3. The van der Waals surface area contributed by atoms with Gasteiger partial charge in [0.1, 0.15) is 5.75 Å². The zero-order valence-electron chi connectivity index (χ0n) is 22.5. The minimum absolute atomic E-state index is 0.270. The first-order chi connectivity index (χ1) is 17.1. The van der Waals surface area contributed by atoms with E-state index in [1.807, 2.05) is 31.2 Å². The van der Waals surface area contributed by atoms with Gasteiger partial charge in [0, 0.05) is 35.3 Å². The summed E-state index contributed by atoms with van der Waals surface area (Å²) >= 11 is 0. The van der Waals surface area contributed by atoms with Crippen LogP contribution in [0.2, 0.25) is 0 Å². The smallest absolute Gasteiger partial charge is 0.332 e. The van der Waals surface area contributed by atoms with E-state index in [1.165, 1.54) is 16.8 Å². The van der Waals surface area contributed by atoms with Gasteiger partial charge in [-0.15, -0.1) is 0 Å². The van der Waals surface area contributed by atoms with Gasteiger partial charge in [-0.1, -0.05) is 52.5 Å². The number of nitrogens with one attached hydrogen (secondary N) is 2. The first-order valence-corrected chi connectivity index (χ1v) is 14.1. The predicted octanol–water partition coefficient (Wildman–Crippen LogP) is 4.07. The van der Waals surface area contributed by atoms with Gasteiger partial charge in [-0.3, -0.25) is 14.3 Å². The largest absolute Gasteiger partial charge is 0.496 e. The highest BCUT2D eigenvalue weighted by Crippen LogP contribution is 2.41. The number of rotatable bonds is 6. The Hall–Kier alpha value is -3.17. The lowest BCUT2D eigenvalue weighted by molar-refractivity contribution is 0.362. The molecule has 0 spiro atoms. The van der Waals surface area contributed by atoms with Crippen molar-refractivity contribution in [3.63, 3.8) is 0 Å². The fraction of sp³-hybridized carbons (Fsp3) is 0.429. The van der Waals surface area contributed by atoms with Crippen LogP contribution in [0.1, 0.15) is 58.1 Å². The van der Waals surface area contributed by atoms with Crippen molar-refractivity contribution in [1.82, 2.24) is 14.3 Å². The molecule has 200 valence electrons. The molecule has 9 heteroatoms. The van der Waals surface area contributed by atoms with Crippen LogP contribution in [0.15, 0.2) is 64.4 Å². The second-order valence-corrected chi connectivity index (χ2v) is 12.7. The normalized spacial score (nSPS) is 21.4. The fourth-order valence-electron chi connectivity index (χ4n) is 4.43. The molecule has 1 aromatic heterocycles. The number of benzene rings is 1. The fourth-order valence-corrected chi connectivity index (χ4v) is 5.01. The summed E-state index contributed by atoms with van der Waals surface area (Å²) in [5, 5.41) is 0. The number of sulfonamides is 1. The average molecular weight is 528 g/mol. The lowest BCUT2D eigenvalue weighted by atomic mass is 9.78. The first kappa shape index (κ1) is 28.4. The lowest BCUT2D eigenvalue weighted by Gasteiger charge is -2.30. The number of nitrogens with zero attached hydrogens (tertiary/aromatic N) is 1. The van der Waals surface area contributed by atoms with Crippen molar-refractivity contribution in [3.05, 3.63) is 86.7 Å². The highest BCUT2D eigenvalue weighted by molar-refractivity contribution is 7.88. The van der Waals surface area contributed by atoms with Gasteiger partial charge in [0.2, 0.25) is 10.0 Å². The molecule has 0 radical (unpaired) electrons. The summed E-state index contributed by atoms with van der Waals surface area (Å²) < 4.78 is 33.4. The van der Waals surface area contributed by atoms with E-state index in [1.54, 1.807) is 7.11 Å². The van der Waals surface area contributed by atoms with Gasteiger partial charge in [-0.05, 0) is 48.0 Å². The van der Waals surface area contributed by atoms with Crippen molar-refractivity contribution in [2.75, 3.05) is 19.9 Å². The zero-order chi connectivity index (χ0) is 27.6. The van der Waals surface area contributed by atoms with Crippen LogP contribution in [0, 0.1) is 5.41 Å². The first-order valence-electron chi connectivity index (χ1n) is 12.2. The molecule has 8 nitrogen and oxygen atoms in total. The average Bonchev–Trinajstić information content (AvgIpc) is 2.86. The van der Waals surface area contributed by atoms with E-state index in [9.17, 15) is 18.0 Å². The molecule has 0 bridgehead atoms. The Morgan fingerprint density at radius 3 is 2.51 bits per heavy atom. The number of hydrogen-bond donors (Lipinski definition) is 2. The molecule has 0 saturated heterocycles. The minimum atomic E-state index is -3.33. The van der Waals surface area contributed by atoms with Crippen LogP contribution in [0.5, 0.6) is 5.75 Å². The predicted molar refractivity (Wildman–Crippen MR) is 149 cm³/mol. The Labute approximate surface area is 218 Å². The molecule has 2 aromatic rings. The maximum absolute atomic E-state index is 12.6.